The van der Waals surface area contributed by atoms with E-state index in [-0.39, 0.29) is 24.2 Å². The maximum absolute atomic E-state index is 13.9. The van der Waals surface area contributed by atoms with Gasteiger partial charge in [0.15, 0.2) is 0 Å². The molecule has 2 aromatic carbocycles. The zero-order valence-electron chi connectivity index (χ0n) is 19.3. The number of amides is 2. The molecule has 2 heterocycles. The number of carbonyl (C=O) groups excluding carboxylic acids is 2. The Kier molecular flexibility index (Phi) is 6.23. The van der Waals surface area contributed by atoms with Crippen molar-refractivity contribution >= 4 is 29.2 Å². The van der Waals surface area contributed by atoms with E-state index < -0.39 is 6.10 Å². The number of halogens is 1. The van der Waals surface area contributed by atoms with Gasteiger partial charge in [0.2, 0.25) is 0 Å². The number of aliphatic hydroxyl groups excluding tert-OH is 1. The molecule has 1 aliphatic carbocycles. The van der Waals surface area contributed by atoms with E-state index >= 15 is 0 Å². The number of aromatic amines is 1. The molecule has 7 nitrogen and oxygen atoms in total. The third kappa shape index (κ3) is 5.03. The van der Waals surface area contributed by atoms with Gasteiger partial charge in [0.05, 0.1) is 22.9 Å². The van der Waals surface area contributed by atoms with Crippen LogP contribution in [0.1, 0.15) is 40.2 Å². The molecule has 1 aliphatic heterocycles. The first-order chi connectivity index (χ1) is 16.9. The minimum Gasteiger partial charge on any atom is -0.390 e. The number of anilines is 1. The molecule has 1 atom stereocenters. The van der Waals surface area contributed by atoms with Crippen molar-refractivity contribution in [2.45, 2.75) is 31.9 Å². The van der Waals surface area contributed by atoms with Crippen LogP contribution in [-0.4, -0.2) is 47.1 Å². The molecule has 0 saturated heterocycles. The normalized spacial score (nSPS) is 16.8. The summed E-state index contributed by atoms with van der Waals surface area (Å²) >= 11 is 0. The predicted molar refractivity (Wildman–Crippen MR) is 133 cm³/mol. The number of rotatable bonds is 8. The molecule has 8 heteroatoms. The molecular formula is C27H27FN4O3. The van der Waals surface area contributed by atoms with Crippen LogP contribution in [0, 0.1) is 12.7 Å². The highest BCUT2D eigenvalue weighted by Gasteiger charge is 2.28. The van der Waals surface area contributed by atoms with Gasteiger partial charge in [-0.25, -0.2) is 4.39 Å². The monoisotopic (exact) mass is 474 g/mol. The molecular weight excluding hydrogens is 447 g/mol. The number of carbonyl (C=O) groups is 2. The Morgan fingerprint density at radius 3 is 2.77 bits per heavy atom. The van der Waals surface area contributed by atoms with Crippen molar-refractivity contribution in [2.75, 3.05) is 18.4 Å². The SMILES string of the molecule is Cc1cc(C(=O)NCC(O)CNC2CC2)c(/C=C2\C(=O)Nc3cccc(-c4cccc(F)c4)c32)[nH]1. The van der Waals surface area contributed by atoms with Gasteiger partial charge in [-0.1, -0.05) is 24.3 Å². The number of hydrogen-bond donors (Lipinski definition) is 5. The van der Waals surface area contributed by atoms with E-state index in [1.807, 2.05) is 19.1 Å². The Morgan fingerprint density at radius 1 is 1.20 bits per heavy atom. The molecule has 35 heavy (non-hydrogen) atoms. The standard InChI is InChI=1S/C27H27FN4O3/c1-15-10-21(26(34)30-14-19(33)13-29-18-8-9-18)24(31-15)12-22-25-20(16-4-2-5-17(28)11-16)6-3-7-23(25)32-27(22)35/h2-7,10-12,18-19,29,31,33H,8-9,13-14H2,1H3,(H,30,34)(H,32,35)/b22-12-. The van der Waals surface area contributed by atoms with Gasteiger partial charge in [0.25, 0.3) is 11.8 Å². The summed E-state index contributed by atoms with van der Waals surface area (Å²) in [6, 6.07) is 13.8. The van der Waals surface area contributed by atoms with Crippen molar-refractivity contribution in [3.05, 3.63) is 76.9 Å². The lowest BCUT2D eigenvalue weighted by molar-refractivity contribution is -0.110. The van der Waals surface area contributed by atoms with Gasteiger partial charge in [-0.15, -0.1) is 0 Å². The maximum Gasteiger partial charge on any atom is 0.256 e. The number of H-pyrrole nitrogens is 1. The Labute approximate surface area is 202 Å². The number of nitrogens with one attached hydrogen (secondary N) is 4. The van der Waals surface area contributed by atoms with Crippen LogP contribution in [0.3, 0.4) is 0 Å². The van der Waals surface area contributed by atoms with Gasteiger partial charge < -0.3 is 26.0 Å². The second-order valence-electron chi connectivity index (χ2n) is 9.08. The number of aliphatic hydroxyl groups is 1. The van der Waals surface area contributed by atoms with Gasteiger partial charge in [-0.2, -0.15) is 0 Å². The summed E-state index contributed by atoms with van der Waals surface area (Å²) in [6.45, 7) is 2.37. The van der Waals surface area contributed by atoms with E-state index in [0.717, 1.165) is 18.5 Å². The van der Waals surface area contributed by atoms with Crippen molar-refractivity contribution < 1.29 is 19.1 Å². The maximum atomic E-state index is 13.9. The fraction of sp³-hybridized carbons (Fsp3) is 0.259. The largest absolute Gasteiger partial charge is 0.390 e. The van der Waals surface area contributed by atoms with E-state index in [0.29, 0.717) is 51.8 Å². The number of aryl methyl sites for hydroxylation is 1. The van der Waals surface area contributed by atoms with Crippen LogP contribution in [0.25, 0.3) is 22.8 Å². The third-order valence-electron chi connectivity index (χ3n) is 6.20. The molecule has 180 valence electrons. The summed E-state index contributed by atoms with van der Waals surface area (Å²) in [6.07, 6.45) is 3.20. The van der Waals surface area contributed by atoms with Crippen molar-refractivity contribution in [3.8, 4) is 11.1 Å². The summed E-state index contributed by atoms with van der Waals surface area (Å²) in [7, 11) is 0. The van der Waals surface area contributed by atoms with Crippen LogP contribution in [0.15, 0.2) is 48.5 Å². The fourth-order valence-electron chi connectivity index (χ4n) is 4.31. The zero-order valence-corrected chi connectivity index (χ0v) is 19.3. The summed E-state index contributed by atoms with van der Waals surface area (Å²) in [5.41, 5.74) is 4.65. The predicted octanol–water partition coefficient (Wildman–Crippen LogP) is 3.46. The van der Waals surface area contributed by atoms with Gasteiger partial charge in [-0.3, -0.25) is 9.59 Å². The van der Waals surface area contributed by atoms with Gasteiger partial charge >= 0.3 is 0 Å². The molecule has 3 aromatic rings. The average Bonchev–Trinajstić information content (AvgIpc) is 3.52. The van der Waals surface area contributed by atoms with Crippen LogP contribution in [0.4, 0.5) is 10.1 Å². The van der Waals surface area contributed by atoms with Crippen molar-refractivity contribution in [3.63, 3.8) is 0 Å². The molecule has 0 spiro atoms. The topological polar surface area (TPSA) is 106 Å². The van der Waals surface area contributed by atoms with Crippen LogP contribution in [0.5, 0.6) is 0 Å². The van der Waals surface area contributed by atoms with Gasteiger partial charge in [0.1, 0.15) is 5.82 Å². The van der Waals surface area contributed by atoms with Crippen LogP contribution in [-0.2, 0) is 4.79 Å². The fourth-order valence-corrected chi connectivity index (χ4v) is 4.31. The van der Waals surface area contributed by atoms with Crippen molar-refractivity contribution in [1.29, 1.82) is 0 Å². The highest BCUT2D eigenvalue weighted by Crippen LogP contribution is 2.40. The number of aromatic nitrogens is 1. The number of hydrogen-bond acceptors (Lipinski definition) is 4. The van der Waals surface area contributed by atoms with Gasteiger partial charge in [0, 0.05) is 36.1 Å². The molecule has 1 fully saturated rings. The van der Waals surface area contributed by atoms with Crippen LogP contribution in [0.2, 0.25) is 0 Å². The summed E-state index contributed by atoms with van der Waals surface area (Å²) in [5, 5.41) is 19.0. The summed E-state index contributed by atoms with van der Waals surface area (Å²) in [4.78, 5) is 29.0. The first kappa shape index (κ1) is 23.0. The Bertz CT molecular complexity index is 1330. The molecule has 2 aliphatic rings. The van der Waals surface area contributed by atoms with Crippen molar-refractivity contribution in [1.82, 2.24) is 15.6 Å². The summed E-state index contributed by atoms with van der Waals surface area (Å²) < 4.78 is 13.9. The molecule has 2 amide bonds. The average molecular weight is 475 g/mol. The highest BCUT2D eigenvalue weighted by molar-refractivity contribution is 6.36. The second-order valence-corrected chi connectivity index (χ2v) is 9.08. The van der Waals surface area contributed by atoms with E-state index in [4.69, 9.17) is 0 Å². The van der Waals surface area contributed by atoms with E-state index in [1.165, 1.54) is 12.1 Å². The van der Waals surface area contributed by atoms with E-state index in [1.54, 1.807) is 30.3 Å². The van der Waals surface area contributed by atoms with Crippen molar-refractivity contribution in [2.24, 2.45) is 0 Å². The van der Waals surface area contributed by atoms with Crippen LogP contribution >= 0.6 is 0 Å². The molecule has 1 unspecified atom stereocenters. The second kappa shape index (κ2) is 9.48. The Hall–Kier alpha value is -3.75. The Balaban J connectivity index is 1.43. The minimum atomic E-state index is -0.692. The first-order valence-electron chi connectivity index (χ1n) is 11.7. The molecule has 0 radical (unpaired) electrons. The highest BCUT2D eigenvalue weighted by atomic mass is 19.1. The minimum absolute atomic E-state index is 0.117. The van der Waals surface area contributed by atoms with Crippen LogP contribution < -0.4 is 16.0 Å². The summed E-state index contributed by atoms with van der Waals surface area (Å²) in [5.74, 6) is -1.01. The smallest absolute Gasteiger partial charge is 0.256 e. The molecule has 0 bridgehead atoms. The zero-order chi connectivity index (χ0) is 24.5. The lowest BCUT2D eigenvalue weighted by Crippen LogP contribution is -2.38. The Morgan fingerprint density at radius 2 is 2.00 bits per heavy atom. The van der Waals surface area contributed by atoms with E-state index in [2.05, 4.69) is 20.9 Å². The molecule has 1 saturated carbocycles. The van der Waals surface area contributed by atoms with E-state index in [9.17, 15) is 19.1 Å². The quantitative estimate of drug-likeness (QED) is 0.322. The lowest BCUT2D eigenvalue weighted by atomic mass is 9.94. The molecule has 5 rings (SSSR count). The molecule has 5 N–H and O–H groups in total. The number of fused-ring (bicyclic) bond motifs is 1. The van der Waals surface area contributed by atoms with Gasteiger partial charge in [-0.05, 0) is 61.2 Å². The third-order valence-corrected chi connectivity index (χ3v) is 6.20. The lowest BCUT2D eigenvalue weighted by Gasteiger charge is -2.12. The first-order valence-corrected chi connectivity index (χ1v) is 11.7. The number of benzene rings is 2. The molecule has 1 aromatic heterocycles.